The van der Waals surface area contributed by atoms with Crippen molar-refractivity contribution in [1.82, 2.24) is 14.7 Å². The Bertz CT molecular complexity index is 1230. The zero-order chi connectivity index (χ0) is 24.4. The van der Waals surface area contributed by atoms with Gasteiger partial charge in [-0.3, -0.25) is 19.3 Å². The molecule has 1 saturated heterocycles. The maximum atomic E-state index is 12.9. The summed E-state index contributed by atoms with van der Waals surface area (Å²) in [6.07, 6.45) is 3.59. The minimum atomic E-state index is -0.244. The molecule has 0 bridgehead atoms. The SMILES string of the molecule is Cc1ccccc1-c1cc(NC(=O)CCN2C(=O)C3CCCCC3C2=O)n(Cc2ccccc2)n1. The summed E-state index contributed by atoms with van der Waals surface area (Å²) in [7, 11) is 0. The number of likely N-dealkylation sites (tertiary alicyclic amines) is 1. The number of hydrogen-bond donors (Lipinski definition) is 1. The molecule has 2 unspecified atom stereocenters. The molecule has 2 aliphatic rings. The van der Waals surface area contributed by atoms with Crippen molar-refractivity contribution in [3.63, 3.8) is 0 Å². The summed E-state index contributed by atoms with van der Waals surface area (Å²) in [4.78, 5) is 39.7. The lowest BCUT2D eigenvalue weighted by Crippen LogP contribution is -2.34. The monoisotopic (exact) mass is 470 g/mol. The van der Waals surface area contributed by atoms with Gasteiger partial charge in [-0.1, -0.05) is 67.4 Å². The molecule has 1 aliphatic carbocycles. The van der Waals surface area contributed by atoms with Crippen molar-refractivity contribution in [1.29, 1.82) is 0 Å². The molecule has 1 aromatic heterocycles. The number of nitrogens with zero attached hydrogens (tertiary/aromatic N) is 3. The van der Waals surface area contributed by atoms with E-state index in [1.807, 2.05) is 67.6 Å². The van der Waals surface area contributed by atoms with Crippen LogP contribution in [-0.2, 0) is 20.9 Å². The first-order valence-electron chi connectivity index (χ1n) is 12.3. The van der Waals surface area contributed by atoms with E-state index in [0.717, 1.165) is 48.1 Å². The number of anilines is 1. The van der Waals surface area contributed by atoms with Gasteiger partial charge in [0.05, 0.1) is 24.1 Å². The Hall–Kier alpha value is -3.74. The minimum Gasteiger partial charge on any atom is -0.311 e. The van der Waals surface area contributed by atoms with Crippen molar-refractivity contribution >= 4 is 23.5 Å². The van der Waals surface area contributed by atoms with Crippen molar-refractivity contribution in [3.05, 3.63) is 71.8 Å². The highest BCUT2D eigenvalue weighted by molar-refractivity contribution is 6.05. The Morgan fingerprint density at radius 2 is 1.63 bits per heavy atom. The molecule has 2 fully saturated rings. The van der Waals surface area contributed by atoms with Crippen LogP contribution in [0.5, 0.6) is 0 Å². The Balaban J connectivity index is 1.32. The van der Waals surface area contributed by atoms with Gasteiger partial charge in [0, 0.05) is 24.6 Å². The standard InChI is InChI=1S/C28H30N4O3/c1-19-9-5-6-12-21(19)24-17-25(32(30-24)18-20-10-3-2-4-11-20)29-26(33)15-16-31-27(34)22-13-7-8-14-23(22)28(31)35/h2-6,9-12,17,22-23H,7-8,13-16,18H2,1H3,(H,29,33). The van der Waals surface area contributed by atoms with Gasteiger partial charge < -0.3 is 5.32 Å². The van der Waals surface area contributed by atoms with E-state index in [2.05, 4.69) is 5.32 Å². The van der Waals surface area contributed by atoms with E-state index in [9.17, 15) is 14.4 Å². The molecule has 0 radical (unpaired) electrons. The van der Waals surface area contributed by atoms with E-state index >= 15 is 0 Å². The Morgan fingerprint density at radius 3 is 2.31 bits per heavy atom. The number of carbonyl (C=O) groups is 3. The average molecular weight is 471 g/mol. The molecule has 5 rings (SSSR count). The average Bonchev–Trinajstić information content (AvgIpc) is 3.36. The maximum Gasteiger partial charge on any atom is 0.233 e. The van der Waals surface area contributed by atoms with Gasteiger partial charge >= 0.3 is 0 Å². The first-order chi connectivity index (χ1) is 17.0. The van der Waals surface area contributed by atoms with Gasteiger partial charge in [-0.2, -0.15) is 5.10 Å². The molecule has 1 aliphatic heterocycles. The molecule has 3 aromatic rings. The Labute approximate surface area is 205 Å². The van der Waals surface area contributed by atoms with Crippen LogP contribution in [0.3, 0.4) is 0 Å². The fourth-order valence-electron chi connectivity index (χ4n) is 5.26. The Kier molecular flexibility index (Phi) is 6.49. The molecule has 7 heteroatoms. The van der Waals surface area contributed by atoms with Crippen molar-refractivity contribution in [2.75, 3.05) is 11.9 Å². The number of hydrogen-bond acceptors (Lipinski definition) is 4. The molecule has 0 spiro atoms. The van der Waals surface area contributed by atoms with Crippen LogP contribution in [0, 0.1) is 18.8 Å². The second kappa shape index (κ2) is 9.86. The van der Waals surface area contributed by atoms with E-state index in [4.69, 9.17) is 5.10 Å². The third kappa shape index (κ3) is 4.76. The molecule has 1 N–H and O–H groups in total. The fourth-order valence-corrected chi connectivity index (χ4v) is 5.26. The van der Waals surface area contributed by atoms with E-state index in [1.165, 1.54) is 4.90 Å². The number of benzene rings is 2. The quantitative estimate of drug-likeness (QED) is 0.519. The van der Waals surface area contributed by atoms with Gasteiger partial charge in [-0.25, -0.2) is 4.68 Å². The predicted octanol–water partition coefficient (Wildman–Crippen LogP) is 4.41. The smallest absolute Gasteiger partial charge is 0.233 e. The minimum absolute atomic E-state index is 0.0626. The van der Waals surface area contributed by atoms with E-state index in [0.29, 0.717) is 12.4 Å². The Morgan fingerprint density at radius 1 is 0.971 bits per heavy atom. The molecule has 2 heterocycles. The van der Waals surface area contributed by atoms with Crippen molar-refractivity contribution in [3.8, 4) is 11.3 Å². The summed E-state index contributed by atoms with van der Waals surface area (Å²) in [5.74, 6) is -0.255. The fraction of sp³-hybridized carbons (Fsp3) is 0.357. The molecule has 180 valence electrons. The molecule has 2 aromatic carbocycles. The number of imide groups is 1. The van der Waals surface area contributed by atoms with Crippen LogP contribution in [0.1, 0.15) is 43.2 Å². The lowest BCUT2D eigenvalue weighted by Gasteiger charge is -2.19. The second-order valence-corrected chi connectivity index (χ2v) is 9.50. The molecule has 2 atom stereocenters. The van der Waals surface area contributed by atoms with Crippen LogP contribution >= 0.6 is 0 Å². The third-order valence-corrected chi connectivity index (χ3v) is 7.14. The second-order valence-electron chi connectivity index (χ2n) is 9.50. The molecular formula is C28H30N4O3. The van der Waals surface area contributed by atoms with E-state index in [-0.39, 0.29) is 42.5 Å². The number of carbonyl (C=O) groups excluding carboxylic acids is 3. The third-order valence-electron chi connectivity index (χ3n) is 7.14. The van der Waals surface area contributed by atoms with Gasteiger partial charge in [-0.15, -0.1) is 0 Å². The van der Waals surface area contributed by atoms with E-state index in [1.54, 1.807) is 4.68 Å². The summed E-state index contributed by atoms with van der Waals surface area (Å²) in [5, 5.41) is 7.75. The van der Waals surface area contributed by atoms with Crippen LogP contribution in [-0.4, -0.2) is 38.9 Å². The first kappa shape index (κ1) is 23.0. The van der Waals surface area contributed by atoms with Crippen LogP contribution < -0.4 is 5.32 Å². The zero-order valence-corrected chi connectivity index (χ0v) is 19.9. The number of aromatic nitrogens is 2. The number of aryl methyl sites for hydroxylation is 1. The predicted molar refractivity (Wildman–Crippen MR) is 133 cm³/mol. The first-order valence-corrected chi connectivity index (χ1v) is 12.3. The van der Waals surface area contributed by atoms with E-state index < -0.39 is 0 Å². The number of amides is 3. The highest BCUT2D eigenvalue weighted by Crippen LogP contribution is 2.38. The summed E-state index contributed by atoms with van der Waals surface area (Å²) in [6.45, 7) is 2.66. The molecule has 1 saturated carbocycles. The lowest BCUT2D eigenvalue weighted by atomic mass is 9.81. The number of rotatable bonds is 7. The highest BCUT2D eigenvalue weighted by atomic mass is 16.2. The molecular weight excluding hydrogens is 440 g/mol. The maximum absolute atomic E-state index is 12.9. The van der Waals surface area contributed by atoms with Crippen LogP contribution in [0.25, 0.3) is 11.3 Å². The normalized spacial score (nSPS) is 19.6. The van der Waals surface area contributed by atoms with Gasteiger partial charge in [0.1, 0.15) is 5.82 Å². The number of fused-ring (bicyclic) bond motifs is 1. The molecule has 3 amide bonds. The van der Waals surface area contributed by atoms with Gasteiger partial charge in [-0.05, 0) is 30.9 Å². The van der Waals surface area contributed by atoms with Crippen LogP contribution in [0.15, 0.2) is 60.7 Å². The molecule has 7 nitrogen and oxygen atoms in total. The van der Waals surface area contributed by atoms with Gasteiger partial charge in [0.2, 0.25) is 17.7 Å². The lowest BCUT2D eigenvalue weighted by molar-refractivity contribution is -0.140. The van der Waals surface area contributed by atoms with Gasteiger partial charge in [0.15, 0.2) is 0 Å². The zero-order valence-electron chi connectivity index (χ0n) is 19.9. The number of nitrogens with one attached hydrogen (secondary N) is 1. The topological polar surface area (TPSA) is 84.3 Å². The van der Waals surface area contributed by atoms with Crippen LogP contribution in [0.2, 0.25) is 0 Å². The van der Waals surface area contributed by atoms with Crippen molar-refractivity contribution in [2.24, 2.45) is 11.8 Å². The summed E-state index contributed by atoms with van der Waals surface area (Å²) in [6, 6.07) is 19.8. The molecule has 35 heavy (non-hydrogen) atoms. The summed E-state index contributed by atoms with van der Waals surface area (Å²) in [5.41, 5.74) is 3.95. The van der Waals surface area contributed by atoms with Crippen molar-refractivity contribution in [2.45, 2.75) is 45.6 Å². The van der Waals surface area contributed by atoms with Gasteiger partial charge in [0.25, 0.3) is 0 Å². The summed E-state index contributed by atoms with van der Waals surface area (Å²) < 4.78 is 1.79. The van der Waals surface area contributed by atoms with Crippen molar-refractivity contribution < 1.29 is 14.4 Å². The summed E-state index contributed by atoms with van der Waals surface area (Å²) >= 11 is 0. The largest absolute Gasteiger partial charge is 0.311 e. The van der Waals surface area contributed by atoms with Crippen LogP contribution in [0.4, 0.5) is 5.82 Å². The highest BCUT2D eigenvalue weighted by Gasteiger charge is 2.47.